The molecule has 5 nitrogen and oxygen atoms in total. The number of hydrogen-bond acceptors (Lipinski definition) is 3. The Kier molecular flexibility index (Phi) is 7.78. The second kappa shape index (κ2) is 10.3. The summed E-state index contributed by atoms with van der Waals surface area (Å²) < 4.78 is 55.6. The van der Waals surface area contributed by atoms with Crippen LogP contribution in [0.3, 0.4) is 0 Å². The van der Waals surface area contributed by atoms with Crippen LogP contribution in [0.5, 0.6) is 0 Å². The van der Waals surface area contributed by atoms with E-state index >= 15 is 0 Å². The van der Waals surface area contributed by atoms with Gasteiger partial charge in [-0.15, -0.1) is 0 Å². The van der Waals surface area contributed by atoms with Crippen molar-refractivity contribution in [3.63, 3.8) is 0 Å². The second-order valence-electron chi connectivity index (χ2n) is 7.83. The molecule has 31 heavy (non-hydrogen) atoms. The molecule has 2 aromatic rings. The van der Waals surface area contributed by atoms with Crippen molar-refractivity contribution in [2.24, 2.45) is 0 Å². The predicted molar refractivity (Wildman–Crippen MR) is 116 cm³/mol. The summed E-state index contributed by atoms with van der Waals surface area (Å²) in [4.78, 5) is 13.5. The normalized spacial score (nSPS) is 17.2. The number of carbonyl (C=O) groups excluding carboxylic acids is 1. The number of hydrogen-bond donors (Lipinski definition) is 0. The van der Waals surface area contributed by atoms with Gasteiger partial charge in [0.25, 0.3) is 0 Å². The highest BCUT2D eigenvalue weighted by Crippen LogP contribution is 2.28. The topological polar surface area (TPSA) is 57.7 Å². The van der Waals surface area contributed by atoms with Crippen LogP contribution in [0.15, 0.2) is 47.4 Å². The van der Waals surface area contributed by atoms with E-state index in [1.807, 2.05) is 6.07 Å². The van der Waals surface area contributed by atoms with Gasteiger partial charge < -0.3 is 4.90 Å². The number of fused-ring (bicyclic) bond motifs is 1. The Labute approximate surface area is 182 Å². The van der Waals surface area contributed by atoms with Crippen LogP contribution < -0.4 is 4.90 Å². The van der Waals surface area contributed by atoms with E-state index in [2.05, 4.69) is 0 Å². The van der Waals surface area contributed by atoms with Crippen LogP contribution in [0.25, 0.3) is 0 Å². The Morgan fingerprint density at radius 2 is 1.55 bits per heavy atom. The Hall–Kier alpha value is -2.32. The molecular weight excluding hydrogens is 422 g/mol. The van der Waals surface area contributed by atoms with Gasteiger partial charge in [-0.05, 0) is 36.6 Å². The fourth-order valence-corrected chi connectivity index (χ4v) is 5.42. The lowest BCUT2D eigenvalue weighted by atomic mass is 10.1. The van der Waals surface area contributed by atoms with Crippen molar-refractivity contribution in [2.75, 3.05) is 18.0 Å². The lowest BCUT2D eigenvalue weighted by Crippen LogP contribution is -2.34. The van der Waals surface area contributed by atoms with Crippen LogP contribution in [0.1, 0.15) is 51.0 Å². The van der Waals surface area contributed by atoms with Crippen molar-refractivity contribution in [3.8, 4) is 0 Å². The molecule has 0 radical (unpaired) electrons. The lowest BCUT2D eigenvalue weighted by Gasteiger charge is -2.27. The van der Waals surface area contributed by atoms with Crippen LogP contribution in [0.2, 0.25) is 0 Å². The fourth-order valence-electron chi connectivity index (χ4n) is 3.92. The molecular formula is C23H28F2N2O3S. The van der Waals surface area contributed by atoms with Crippen molar-refractivity contribution in [1.29, 1.82) is 0 Å². The summed E-state index contributed by atoms with van der Waals surface area (Å²) in [5.74, 6) is -2.05. The first-order valence-electron chi connectivity index (χ1n) is 10.6. The van der Waals surface area contributed by atoms with Gasteiger partial charge in [0, 0.05) is 38.3 Å². The Morgan fingerprint density at radius 1 is 0.903 bits per heavy atom. The van der Waals surface area contributed by atoms with Crippen molar-refractivity contribution < 1.29 is 22.0 Å². The van der Waals surface area contributed by atoms with E-state index in [0.29, 0.717) is 30.3 Å². The largest absolute Gasteiger partial charge is 0.312 e. The van der Waals surface area contributed by atoms with Gasteiger partial charge in [-0.25, -0.2) is 17.2 Å². The van der Waals surface area contributed by atoms with Crippen LogP contribution in [-0.4, -0.2) is 31.7 Å². The minimum absolute atomic E-state index is 0.000890. The Bertz CT molecular complexity index is 1030. The van der Waals surface area contributed by atoms with Crippen LogP contribution in [0.4, 0.5) is 14.5 Å². The maximum Gasteiger partial charge on any atom is 0.246 e. The van der Waals surface area contributed by atoms with Gasteiger partial charge in [-0.2, -0.15) is 4.31 Å². The molecule has 3 rings (SSSR count). The molecule has 1 aliphatic heterocycles. The average Bonchev–Trinajstić information content (AvgIpc) is 2.73. The molecule has 0 spiro atoms. The Balaban J connectivity index is 2.03. The van der Waals surface area contributed by atoms with Gasteiger partial charge in [0.2, 0.25) is 15.9 Å². The second-order valence-corrected chi connectivity index (χ2v) is 9.74. The number of nitrogens with zero attached hydrogens (tertiary/aromatic N) is 2. The van der Waals surface area contributed by atoms with E-state index in [1.165, 1.54) is 11.2 Å². The summed E-state index contributed by atoms with van der Waals surface area (Å²) in [6.07, 6.45) is 5.33. The SMILES string of the molecule is CC(=O)N1CCCCCCCCN(S(=O)(=O)c2ccc(F)cc2F)Cc2ccccc21. The Morgan fingerprint density at radius 3 is 2.23 bits per heavy atom. The summed E-state index contributed by atoms with van der Waals surface area (Å²) in [7, 11) is -4.20. The van der Waals surface area contributed by atoms with Crippen molar-refractivity contribution in [1.82, 2.24) is 4.31 Å². The lowest BCUT2D eigenvalue weighted by molar-refractivity contribution is -0.116. The maximum atomic E-state index is 14.4. The highest BCUT2D eigenvalue weighted by Gasteiger charge is 2.29. The zero-order valence-corrected chi connectivity index (χ0v) is 18.5. The third kappa shape index (κ3) is 5.68. The van der Waals surface area contributed by atoms with Crippen molar-refractivity contribution >= 4 is 21.6 Å². The highest BCUT2D eigenvalue weighted by atomic mass is 32.2. The minimum atomic E-state index is -4.20. The molecule has 0 aromatic heterocycles. The molecule has 1 heterocycles. The summed E-state index contributed by atoms with van der Waals surface area (Å²) >= 11 is 0. The van der Waals surface area contributed by atoms with E-state index in [1.54, 1.807) is 23.1 Å². The number of rotatable bonds is 2. The standard InChI is InChI=1S/C23H28F2N2O3S/c1-18(28)27-15-9-5-3-2-4-8-14-26(17-19-10-6-7-11-22(19)27)31(29,30)23-13-12-20(24)16-21(23)25/h6-7,10-13,16H,2-5,8-9,14-15,17H2,1H3. The first kappa shape index (κ1) is 23.3. The van der Waals surface area contributed by atoms with Crippen LogP contribution in [0, 0.1) is 11.6 Å². The van der Waals surface area contributed by atoms with Gasteiger partial charge in [0.15, 0.2) is 0 Å². The number of carbonyl (C=O) groups is 1. The van der Waals surface area contributed by atoms with Crippen LogP contribution >= 0.6 is 0 Å². The molecule has 0 N–H and O–H groups in total. The number of para-hydroxylation sites is 1. The molecule has 8 heteroatoms. The smallest absolute Gasteiger partial charge is 0.246 e. The molecule has 1 amide bonds. The van der Waals surface area contributed by atoms with E-state index in [0.717, 1.165) is 44.2 Å². The zero-order chi connectivity index (χ0) is 22.4. The number of halogens is 2. The minimum Gasteiger partial charge on any atom is -0.312 e. The first-order valence-corrected chi connectivity index (χ1v) is 12.1. The van der Waals surface area contributed by atoms with Crippen molar-refractivity contribution in [2.45, 2.75) is 56.9 Å². The third-order valence-electron chi connectivity index (χ3n) is 5.56. The molecule has 0 unspecified atom stereocenters. The molecule has 0 fully saturated rings. The van der Waals surface area contributed by atoms with Gasteiger partial charge >= 0.3 is 0 Å². The predicted octanol–water partition coefficient (Wildman–Crippen LogP) is 4.86. The van der Waals surface area contributed by atoms with Gasteiger partial charge in [-0.1, -0.05) is 43.9 Å². The molecule has 168 valence electrons. The van der Waals surface area contributed by atoms with E-state index < -0.39 is 26.6 Å². The van der Waals surface area contributed by atoms with Gasteiger partial charge in [-0.3, -0.25) is 4.79 Å². The molecule has 0 bridgehead atoms. The van der Waals surface area contributed by atoms with Crippen molar-refractivity contribution in [3.05, 3.63) is 59.7 Å². The number of amides is 1. The third-order valence-corrected chi connectivity index (χ3v) is 7.44. The summed E-state index contributed by atoms with van der Waals surface area (Å²) in [6.45, 7) is 2.27. The molecule has 0 aliphatic carbocycles. The molecule has 0 atom stereocenters. The van der Waals surface area contributed by atoms with Gasteiger partial charge in [0.05, 0.1) is 0 Å². The van der Waals surface area contributed by atoms with E-state index in [9.17, 15) is 22.0 Å². The first-order chi connectivity index (χ1) is 14.8. The summed E-state index contributed by atoms with van der Waals surface area (Å²) in [5.41, 5.74) is 1.33. The molecule has 2 aromatic carbocycles. The summed E-state index contributed by atoms with van der Waals surface area (Å²) in [6, 6.07) is 9.69. The van der Waals surface area contributed by atoms with E-state index in [4.69, 9.17) is 0 Å². The molecule has 0 saturated heterocycles. The van der Waals surface area contributed by atoms with E-state index in [-0.39, 0.29) is 19.0 Å². The number of sulfonamides is 1. The summed E-state index contributed by atoms with van der Waals surface area (Å²) in [5, 5.41) is 0. The quantitative estimate of drug-likeness (QED) is 0.656. The zero-order valence-electron chi connectivity index (χ0n) is 17.7. The fraction of sp³-hybridized carbons (Fsp3) is 0.435. The number of benzene rings is 2. The number of anilines is 1. The van der Waals surface area contributed by atoms with Crippen LogP contribution in [-0.2, 0) is 21.4 Å². The molecule has 0 saturated carbocycles. The highest BCUT2D eigenvalue weighted by molar-refractivity contribution is 7.89. The van der Waals surface area contributed by atoms with Gasteiger partial charge in [0.1, 0.15) is 16.5 Å². The monoisotopic (exact) mass is 450 g/mol. The molecule has 1 aliphatic rings. The average molecular weight is 451 g/mol. The maximum absolute atomic E-state index is 14.4.